The molecule has 0 saturated heterocycles. The van der Waals surface area contributed by atoms with Gasteiger partial charge in [-0.1, -0.05) is 34.4 Å². The first kappa shape index (κ1) is 26.3. The van der Waals surface area contributed by atoms with Crippen molar-refractivity contribution < 1.29 is 28.7 Å². The van der Waals surface area contributed by atoms with Crippen molar-refractivity contribution in [2.45, 2.75) is 62.8 Å². The van der Waals surface area contributed by atoms with Crippen LogP contribution in [0, 0.1) is 17.7 Å². The summed E-state index contributed by atoms with van der Waals surface area (Å²) in [5.41, 5.74) is 0.840. The summed E-state index contributed by atoms with van der Waals surface area (Å²) in [6, 6.07) is 7.72. The lowest BCUT2D eigenvalue weighted by Gasteiger charge is -2.40. The van der Waals surface area contributed by atoms with Crippen molar-refractivity contribution in [1.82, 2.24) is 10.1 Å². The number of carboxylic acids is 1. The van der Waals surface area contributed by atoms with Gasteiger partial charge in [0.15, 0.2) is 5.82 Å². The molecule has 7 rings (SSSR count). The lowest BCUT2D eigenvalue weighted by Crippen LogP contribution is -2.42. The molecule has 0 amide bonds. The summed E-state index contributed by atoms with van der Waals surface area (Å²) >= 11 is 14.2. The standard InChI is InChI=1S/C29H25Cl2FN2O5S/c30-18-2-1-3-19(31)22(18)23-17(26(39-34-23)13-4-5-13)12-38-25-14-6-7-15(25)11-29(37,10-14)28-33-24-20(32)8-16(27(35)36)9-21(24)40-28/h1-3,8-9,13-15,25,37H,4-7,10-12H2,(H,35,36)/t14-,15+,25?,29?. The Labute approximate surface area is 242 Å². The van der Waals surface area contributed by atoms with Gasteiger partial charge in [0.05, 0.1) is 33.0 Å². The Kier molecular flexibility index (Phi) is 6.44. The van der Waals surface area contributed by atoms with Gasteiger partial charge in [-0.2, -0.15) is 0 Å². The second-order valence-electron chi connectivity index (χ2n) is 11.2. The van der Waals surface area contributed by atoms with Gasteiger partial charge in [0.25, 0.3) is 0 Å². The maximum atomic E-state index is 14.6. The van der Waals surface area contributed by atoms with Gasteiger partial charge in [-0.15, -0.1) is 11.3 Å². The van der Waals surface area contributed by atoms with Crippen LogP contribution in [-0.2, 0) is 16.9 Å². The van der Waals surface area contributed by atoms with Gasteiger partial charge in [0, 0.05) is 17.0 Å². The molecule has 2 aromatic carbocycles. The normalized spacial score (nSPS) is 26.1. The fourth-order valence-corrected chi connectivity index (χ4v) is 8.22. The number of fused-ring (bicyclic) bond motifs is 3. The maximum absolute atomic E-state index is 14.6. The molecule has 0 radical (unpaired) electrons. The van der Waals surface area contributed by atoms with Crippen molar-refractivity contribution in [3.05, 3.63) is 68.1 Å². The Morgan fingerprint density at radius 1 is 1.15 bits per heavy atom. The molecule has 2 N–H and O–H groups in total. The summed E-state index contributed by atoms with van der Waals surface area (Å²) in [4.78, 5) is 15.8. The number of carboxylic acid groups (broad SMARTS) is 1. The minimum absolute atomic E-state index is 0.0680. The van der Waals surface area contributed by atoms with Crippen molar-refractivity contribution >= 4 is 50.7 Å². The summed E-state index contributed by atoms with van der Waals surface area (Å²) in [7, 11) is 0. The summed E-state index contributed by atoms with van der Waals surface area (Å²) in [5.74, 6) is -0.588. The maximum Gasteiger partial charge on any atom is 0.335 e. The molecule has 0 spiro atoms. The third-order valence-electron chi connectivity index (χ3n) is 8.52. The molecule has 3 saturated carbocycles. The quantitative estimate of drug-likeness (QED) is 0.225. The number of ether oxygens (including phenoxy) is 1. The molecular formula is C29H25Cl2FN2O5S. The largest absolute Gasteiger partial charge is 0.478 e. The van der Waals surface area contributed by atoms with Crippen LogP contribution < -0.4 is 0 Å². The predicted octanol–water partition coefficient (Wildman–Crippen LogP) is 7.57. The van der Waals surface area contributed by atoms with E-state index in [1.54, 1.807) is 18.2 Å². The van der Waals surface area contributed by atoms with Crippen LogP contribution in [-0.4, -0.2) is 32.4 Å². The van der Waals surface area contributed by atoms with E-state index in [1.165, 1.54) is 6.07 Å². The smallest absolute Gasteiger partial charge is 0.335 e. The first-order chi connectivity index (χ1) is 19.2. The van der Waals surface area contributed by atoms with Crippen LogP contribution >= 0.6 is 34.5 Å². The van der Waals surface area contributed by atoms with E-state index < -0.39 is 17.4 Å². The summed E-state index contributed by atoms with van der Waals surface area (Å²) < 4.78 is 27.4. The number of aromatic carboxylic acids is 1. The van der Waals surface area contributed by atoms with Crippen LogP contribution in [0.5, 0.6) is 0 Å². The SMILES string of the molecule is O=C(O)c1cc(F)c2nc(C3(O)C[C@H]4CC[C@@H](C3)C4OCc3c(-c4c(Cl)cccc4Cl)noc3C3CC3)sc2c1. The molecule has 2 heterocycles. The first-order valence-corrected chi connectivity index (χ1v) is 14.9. The van der Waals surface area contributed by atoms with E-state index in [0.29, 0.717) is 56.4 Å². The number of thiazole rings is 1. The van der Waals surface area contributed by atoms with Crippen LogP contribution in [0.3, 0.4) is 0 Å². The zero-order valence-electron chi connectivity index (χ0n) is 21.2. The van der Waals surface area contributed by atoms with Crippen LogP contribution in [0.4, 0.5) is 4.39 Å². The Morgan fingerprint density at radius 3 is 2.50 bits per heavy atom. The van der Waals surface area contributed by atoms with Gasteiger partial charge in [0.2, 0.25) is 0 Å². The number of rotatable bonds is 7. The summed E-state index contributed by atoms with van der Waals surface area (Å²) in [5, 5.41) is 26.8. The Bertz CT molecular complexity index is 1620. The van der Waals surface area contributed by atoms with Crippen LogP contribution in [0.2, 0.25) is 10.0 Å². The van der Waals surface area contributed by atoms with Gasteiger partial charge in [-0.05, 0) is 74.6 Å². The van der Waals surface area contributed by atoms with Crippen molar-refractivity contribution in [3.8, 4) is 11.3 Å². The van der Waals surface area contributed by atoms with E-state index in [4.69, 9.17) is 32.5 Å². The second kappa shape index (κ2) is 9.77. The van der Waals surface area contributed by atoms with Gasteiger partial charge in [0.1, 0.15) is 27.6 Å². The number of nitrogens with zero attached hydrogens (tertiary/aromatic N) is 2. The van der Waals surface area contributed by atoms with Gasteiger partial charge >= 0.3 is 5.97 Å². The highest BCUT2D eigenvalue weighted by molar-refractivity contribution is 7.18. The van der Waals surface area contributed by atoms with Gasteiger partial charge in [-0.25, -0.2) is 14.2 Å². The third kappa shape index (κ3) is 4.43. The average molecular weight is 603 g/mol. The molecule has 2 unspecified atom stereocenters. The molecule has 11 heteroatoms. The third-order valence-corrected chi connectivity index (χ3v) is 10.3. The van der Waals surface area contributed by atoms with Crippen molar-refractivity contribution in [3.63, 3.8) is 0 Å². The number of benzene rings is 2. The first-order valence-electron chi connectivity index (χ1n) is 13.3. The molecule has 4 atom stereocenters. The number of carbonyl (C=O) groups is 1. The summed E-state index contributed by atoms with van der Waals surface area (Å²) in [6.45, 7) is 0.298. The highest BCUT2D eigenvalue weighted by atomic mass is 35.5. The lowest BCUT2D eigenvalue weighted by atomic mass is 9.76. The molecule has 4 aromatic rings. The Morgan fingerprint density at radius 2 is 1.85 bits per heavy atom. The molecular weight excluding hydrogens is 578 g/mol. The minimum atomic E-state index is -1.22. The van der Waals surface area contributed by atoms with Gasteiger partial charge in [-0.3, -0.25) is 0 Å². The van der Waals surface area contributed by atoms with Crippen LogP contribution in [0.1, 0.15) is 71.1 Å². The molecule has 208 valence electrons. The van der Waals surface area contributed by atoms with E-state index in [1.807, 2.05) is 0 Å². The van der Waals surface area contributed by atoms with E-state index in [0.717, 1.165) is 54.4 Å². The van der Waals surface area contributed by atoms with Crippen molar-refractivity contribution in [2.24, 2.45) is 11.8 Å². The zero-order chi connectivity index (χ0) is 27.8. The van der Waals surface area contributed by atoms with E-state index in [-0.39, 0.29) is 29.0 Å². The monoisotopic (exact) mass is 602 g/mol. The number of aromatic nitrogens is 2. The Balaban J connectivity index is 1.14. The average Bonchev–Trinajstić information content (AvgIpc) is 3.41. The second-order valence-corrected chi connectivity index (χ2v) is 13.0. The number of hydrogen-bond donors (Lipinski definition) is 2. The van der Waals surface area contributed by atoms with Crippen LogP contribution in [0.25, 0.3) is 21.5 Å². The van der Waals surface area contributed by atoms with Gasteiger partial charge < -0.3 is 19.5 Å². The Hall–Kier alpha value is -2.56. The number of halogens is 3. The predicted molar refractivity (Wildman–Crippen MR) is 148 cm³/mol. The molecule has 3 aliphatic rings. The molecule has 2 bridgehead atoms. The minimum Gasteiger partial charge on any atom is -0.478 e. The highest BCUT2D eigenvalue weighted by Gasteiger charge is 2.52. The van der Waals surface area contributed by atoms with Crippen molar-refractivity contribution in [1.29, 1.82) is 0 Å². The molecule has 3 aliphatic carbocycles. The molecule has 2 aromatic heterocycles. The van der Waals surface area contributed by atoms with E-state index in [2.05, 4.69) is 10.1 Å². The topological polar surface area (TPSA) is 106 Å². The highest BCUT2D eigenvalue weighted by Crippen LogP contribution is 2.54. The fraction of sp³-hybridized carbons (Fsp3) is 0.414. The van der Waals surface area contributed by atoms with E-state index in [9.17, 15) is 19.4 Å². The molecule has 40 heavy (non-hydrogen) atoms. The summed E-state index contributed by atoms with van der Waals surface area (Å²) in [6.07, 6.45) is 4.69. The van der Waals surface area contributed by atoms with Crippen LogP contribution in [0.15, 0.2) is 34.9 Å². The zero-order valence-corrected chi connectivity index (χ0v) is 23.5. The van der Waals surface area contributed by atoms with E-state index >= 15 is 0 Å². The molecule has 3 fully saturated rings. The lowest BCUT2D eigenvalue weighted by molar-refractivity contribution is -0.105. The molecule has 0 aliphatic heterocycles. The van der Waals surface area contributed by atoms with Crippen molar-refractivity contribution in [2.75, 3.05) is 0 Å². The number of aliphatic hydroxyl groups is 1. The number of hydrogen-bond acceptors (Lipinski definition) is 7. The fourth-order valence-electron chi connectivity index (χ4n) is 6.51. The molecule has 7 nitrogen and oxygen atoms in total.